The quantitative estimate of drug-likeness (QED) is 0.616. The van der Waals surface area contributed by atoms with Crippen LogP contribution in [0, 0.1) is 0 Å². The van der Waals surface area contributed by atoms with Gasteiger partial charge in [0.05, 0.1) is 6.54 Å². The van der Waals surface area contributed by atoms with Crippen LogP contribution in [-0.4, -0.2) is 96.3 Å². The van der Waals surface area contributed by atoms with Gasteiger partial charge in [-0.1, -0.05) is 12.8 Å². The summed E-state index contributed by atoms with van der Waals surface area (Å²) in [4.78, 5) is 38.7. The number of hydrogen-bond acceptors (Lipinski definition) is 6. The molecule has 3 heterocycles. The summed E-state index contributed by atoms with van der Waals surface area (Å²) in [5, 5.41) is 0. The van der Waals surface area contributed by atoms with Crippen LogP contribution in [0.15, 0.2) is 48.8 Å². The Morgan fingerprint density at radius 1 is 0.765 bits per heavy atom. The van der Waals surface area contributed by atoms with Crippen LogP contribution in [-0.2, 0) is 4.79 Å². The van der Waals surface area contributed by atoms with Crippen LogP contribution in [0.5, 0.6) is 0 Å². The highest BCUT2D eigenvalue weighted by Crippen LogP contribution is 2.24. The van der Waals surface area contributed by atoms with Crippen LogP contribution in [0.2, 0.25) is 0 Å². The topological polar surface area (TPSA) is 60.0 Å². The molecule has 0 bridgehead atoms. The minimum absolute atomic E-state index is 0.0151. The Morgan fingerprint density at radius 2 is 1.38 bits per heavy atom. The van der Waals surface area contributed by atoms with Gasteiger partial charge in [-0.25, -0.2) is 0 Å². The van der Waals surface area contributed by atoms with E-state index < -0.39 is 0 Å². The van der Waals surface area contributed by atoms with Crippen LogP contribution in [0.3, 0.4) is 0 Å². The van der Waals surface area contributed by atoms with E-state index in [4.69, 9.17) is 0 Å². The van der Waals surface area contributed by atoms with E-state index in [1.807, 2.05) is 24.3 Å². The van der Waals surface area contributed by atoms with Gasteiger partial charge in [-0.05, 0) is 49.2 Å². The van der Waals surface area contributed by atoms with Crippen LogP contribution in [0.4, 0.5) is 5.69 Å². The zero-order valence-corrected chi connectivity index (χ0v) is 19.9. The molecule has 2 saturated heterocycles. The first-order valence-electron chi connectivity index (χ1n) is 12.7. The monoisotopic (exact) mass is 461 g/mol. The number of benzene rings is 1. The van der Waals surface area contributed by atoms with E-state index >= 15 is 0 Å². The minimum Gasteiger partial charge on any atom is -0.369 e. The first-order valence-corrected chi connectivity index (χ1v) is 12.7. The number of pyridine rings is 1. The maximum atomic E-state index is 12.9. The van der Waals surface area contributed by atoms with Gasteiger partial charge in [0.25, 0.3) is 0 Å². The predicted octanol–water partition coefficient (Wildman–Crippen LogP) is 2.52. The van der Waals surface area contributed by atoms with Crippen LogP contribution in [0.25, 0.3) is 0 Å². The van der Waals surface area contributed by atoms with Crippen molar-refractivity contribution >= 4 is 17.4 Å². The summed E-state index contributed by atoms with van der Waals surface area (Å²) in [5.41, 5.74) is 2.47. The first-order chi connectivity index (χ1) is 16.7. The number of piperazine rings is 2. The van der Waals surface area contributed by atoms with Crippen molar-refractivity contribution in [3.63, 3.8) is 0 Å². The lowest BCUT2D eigenvalue weighted by atomic mass is 10.0. The summed E-state index contributed by atoms with van der Waals surface area (Å²) in [5.74, 6) is 0.292. The molecule has 7 heteroatoms. The third-order valence-corrected chi connectivity index (χ3v) is 7.68. The molecule has 1 aromatic carbocycles. The Labute approximate surface area is 202 Å². The van der Waals surface area contributed by atoms with Crippen molar-refractivity contribution in [2.75, 3.05) is 63.8 Å². The second-order valence-corrected chi connectivity index (χ2v) is 9.73. The molecular formula is C27H35N5O2. The molecule has 1 saturated carbocycles. The fourth-order valence-electron chi connectivity index (χ4n) is 5.55. The van der Waals surface area contributed by atoms with E-state index in [9.17, 15) is 9.59 Å². The summed E-state index contributed by atoms with van der Waals surface area (Å²) in [6, 6.07) is 12.1. The minimum atomic E-state index is 0.0151. The van der Waals surface area contributed by atoms with Gasteiger partial charge in [0.15, 0.2) is 5.78 Å². The lowest BCUT2D eigenvalue weighted by molar-refractivity contribution is -0.134. The lowest BCUT2D eigenvalue weighted by Crippen LogP contribution is -2.55. The Morgan fingerprint density at radius 3 is 2.03 bits per heavy atom. The van der Waals surface area contributed by atoms with E-state index in [1.54, 1.807) is 24.5 Å². The molecule has 0 radical (unpaired) electrons. The number of ketones is 1. The van der Waals surface area contributed by atoms with E-state index in [1.165, 1.54) is 25.7 Å². The molecule has 3 aliphatic rings. The molecular weight excluding hydrogens is 426 g/mol. The first kappa shape index (κ1) is 23.0. The number of hydrogen-bond donors (Lipinski definition) is 0. The normalized spacial score (nSPS) is 20.6. The molecule has 3 fully saturated rings. The fraction of sp³-hybridized carbons (Fsp3) is 0.519. The molecule has 1 aromatic heterocycles. The van der Waals surface area contributed by atoms with E-state index in [-0.39, 0.29) is 11.7 Å². The maximum absolute atomic E-state index is 12.9. The van der Waals surface area contributed by atoms with Crippen LogP contribution in [0.1, 0.15) is 41.6 Å². The molecule has 0 spiro atoms. The number of nitrogens with zero attached hydrogens (tertiary/aromatic N) is 5. The van der Waals surface area contributed by atoms with Gasteiger partial charge in [-0.2, -0.15) is 0 Å². The Kier molecular flexibility index (Phi) is 7.21. The van der Waals surface area contributed by atoms with Gasteiger partial charge >= 0.3 is 0 Å². The van der Waals surface area contributed by atoms with Crippen molar-refractivity contribution in [3.05, 3.63) is 59.9 Å². The molecule has 7 nitrogen and oxygen atoms in total. The molecule has 1 aliphatic carbocycles. The second-order valence-electron chi connectivity index (χ2n) is 9.73. The number of rotatable bonds is 6. The molecule has 5 rings (SSSR count). The summed E-state index contributed by atoms with van der Waals surface area (Å²) in [6.45, 7) is 7.88. The van der Waals surface area contributed by atoms with Crippen molar-refractivity contribution in [1.82, 2.24) is 19.7 Å². The predicted molar refractivity (Wildman–Crippen MR) is 133 cm³/mol. The van der Waals surface area contributed by atoms with E-state index in [2.05, 4.69) is 24.6 Å². The van der Waals surface area contributed by atoms with Crippen molar-refractivity contribution in [2.24, 2.45) is 0 Å². The Bertz CT molecular complexity index is 958. The standard InChI is InChI=1S/C27H35N5O2/c33-26(32-19-17-31(18-20-32)24-3-1-2-4-24)21-29-13-15-30(16-14-29)25-7-5-22(6-8-25)27(34)23-9-11-28-12-10-23/h5-12,24H,1-4,13-21H2. The van der Waals surface area contributed by atoms with Crippen molar-refractivity contribution in [3.8, 4) is 0 Å². The van der Waals surface area contributed by atoms with Crippen molar-refractivity contribution in [2.45, 2.75) is 31.7 Å². The molecule has 1 amide bonds. The lowest BCUT2D eigenvalue weighted by Gasteiger charge is -2.40. The molecule has 2 aliphatic heterocycles. The average molecular weight is 462 g/mol. The third-order valence-electron chi connectivity index (χ3n) is 7.68. The van der Waals surface area contributed by atoms with E-state index in [0.29, 0.717) is 17.7 Å². The summed E-state index contributed by atoms with van der Waals surface area (Å²) in [7, 11) is 0. The number of amides is 1. The van der Waals surface area contributed by atoms with Crippen LogP contribution < -0.4 is 4.90 Å². The Balaban J connectivity index is 1.07. The molecule has 0 N–H and O–H groups in total. The zero-order chi connectivity index (χ0) is 23.3. The number of aromatic nitrogens is 1. The number of carbonyl (C=O) groups is 2. The zero-order valence-electron chi connectivity index (χ0n) is 19.9. The average Bonchev–Trinajstić information content (AvgIpc) is 3.45. The van der Waals surface area contributed by atoms with Gasteiger partial charge in [-0.15, -0.1) is 0 Å². The van der Waals surface area contributed by atoms with Crippen LogP contribution >= 0.6 is 0 Å². The van der Waals surface area contributed by atoms with Gasteiger partial charge in [0.1, 0.15) is 0 Å². The van der Waals surface area contributed by atoms with Gasteiger partial charge in [0, 0.05) is 87.6 Å². The smallest absolute Gasteiger partial charge is 0.236 e. The second kappa shape index (κ2) is 10.7. The summed E-state index contributed by atoms with van der Waals surface area (Å²) >= 11 is 0. The van der Waals surface area contributed by atoms with Gasteiger partial charge < -0.3 is 9.80 Å². The maximum Gasteiger partial charge on any atom is 0.236 e. The fourth-order valence-corrected chi connectivity index (χ4v) is 5.55. The van der Waals surface area contributed by atoms with Crippen molar-refractivity contribution in [1.29, 1.82) is 0 Å². The summed E-state index contributed by atoms with van der Waals surface area (Å²) < 4.78 is 0. The summed E-state index contributed by atoms with van der Waals surface area (Å²) in [6.07, 6.45) is 8.68. The highest BCUT2D eigenvalue weighted by Gasteiger charge is 2.29. The molecule has 2 aromatic rings. The van der Waals surface area contributed by atoms with E-state index in [0.717, 1.165) is 64.1 Å². The largest absolute Gasteiger partial charge is 0.369 e. The Hall–Kier alpha value is -2.77. The van der Waals surface area contributed by atoms with Gasteiger partial charge in [0.2, 0.25) is 5.91 Å². The van der Waals surface area contributed by atoms with Gasteiger partial charge in [-0.3, -0.25) is 24.4 Å². The SMILES string of the molecule is O=C(c1ccncc1)c1ccc(N2CCN(CC(=O)N3CCN(C4CCCC4)CC3)CC2)cc1. The molecule has 0 atom stereocenters. The molecule has 34 heavy (non-hydrogen) atoms. The molecule has 0 unspecified atom stereocenters. The van der Waals surface area contributed by atoms with Crippen molar-refractivity contribution < 1.29 is 9.59 Å². The third kappa shape index (κ3) is 5.31. The number of carbonyl (C=O) groups excluding carboxylic acids is 2. The highest BCUT2D eigenvalue weighted by molar-refractivity contribution is 6.09. The highest BCUT2D eigenvalue weighted by atomic mass is 16.2. The molecule has 180 valence electrons. The number of anilines is 1.